The zero-order valence-corrected chi connectivity index (χ0v) is 15.2. The van der Waals surface area contributed by atoms with Gasteiger partial charge in [-0.15, -0.1) is 0 Å². The van der Waals surface area contributed by atoms with Gasteiger partial charge in [-0.3, -0.25) is 4.79 Å². The van der Waals surface area contributed by atoms with E-state index in [0.29, 0.717) is 19.0 Å². The fraction of sp³-hybridized carbons (Fsp3) is 0.462. The lowest BCUT2D eigenvalue weighted by atomic mass is 10.2. The highest BCUT2D eigenvalue weighted by molar-refractivity contribution is 9.10. The highest BCUT2D eigenvalue weighted by Crippen LogP contribution is 2.33. The average molecular weight is 415 g/mol. The fourth-order valence-corrected chi connectivity index (χ4v) is 4.59. The minimum atomic E-state index is -3.95. The molecule has 0 radical (unpaired) electrons. The number of carbonyl (C=O) groups excluding carboxylic acids is 1. The van der Waals surface area contributed by atoms with Crippen LogP contribution < -0.4 is 0 Å². The summed E-state index contributed by atoms with van der Waals surface area (Å²) in [6, 6.07) is 2.61. The van der Waals surface area contributed by atoms with Crippen LogP contribution in [0.3, 0.4) is 0 Å². The van der Waals surface area contributed by atoms with Gasteiger partial charge >= 0.3 is 0 Å². The molecule has 2 rings (SSSR count). The van der Waals surface area contributed by atoms with E-state index in [0.717, 1.165) is 12.8 Å². The zero-order chi connectivity index (χ0) is 15.8. The molecule has 0 bridgehead atoms. The smallest absolute Gasteiger partial charge is 0.262 e. The van der Waals surface area contributed by atoms with Gasteiger partial charge in [0, 0.05) is 28.2 Å². The first-order valence-electron chi connectivity index (χ1n) is 6.47. The molecule has 1 amide bonds. The van der Waals surface area contributed by atoms with E-state index in [4.69, 9.17) is 22.3 Å². The molecule has 1 aromatic rings. The Labute approximate surface area is 142 Å². The van der Waals surface area contributed by atoms with Gasteiger partial charge in [0.1, 0.15) is 0 Å². The third-order valence-electron chi connectivity index (χ3n) is 3.36. The Morgan fingerprint density at radius 2 is 2.05 bits per heavy atom. The summed E-state index contributed by atoms with van der Waals surface area (Å²) in [6.45, 7) is 3.10. The summed E-state index contributed by atoms with van der Waals surface area (Å²) in [5.74, 6) is 0.267. The molecule has 4 nitrogen and oxygen atoms in total. The van der Waals surface area contributed by atoms with E-state index in [1.54, 1.807) is 4.90 Å². The minimum absolute atomic E-state index is 0.153. The van der Waals surface area contributed by atoms with Crippen molar-refractivity contribution in [2.24, 2.45) is 5.92 Å². The summed E-state index contributed by atoms with van der Waals surface area (Å²) in [4.78, 5) is 14.1. The zero-order valence-electron chi connectivity index (χ0n) is 11.3. The molecule has 1 aliphatic rings. The van der Waals surface area contributed by atoms with Crippen LogP contribution in [0.4, 0.5) is 0 Å². The first-order chi connectivity index (χ1) is 9.74. The Morgan fingerprint density at radius 3 is 2.52 bits per heavy atom. The van der Waals surface area contributed by atoms with Crippen LogP contribution in [0.2, 0.25) is 5.02 Å². The summed E-state index contributed by atoms with van der Waals surface area (Å²) in [5.41, 5.74) is 0.154. The summed E-state index contributed by atoms with van der Waals surface area (Å²) in [7, 11) is 1.42. The van der Waals surface area contributed by atoms with Gasteiger partial charge in [-0.05, 0) is 53.7 Å². The molecule has 0 heterocycles. The predicted molar refractivity (Wildman–Crippen MR) is 86.5 cm³/mol. The van der Waals surface area contributed by atoms with Crippen molar-refractivity contribution in [2.75, 3.05) is 13.1 Å². The van der Waals surface area contributed by atoms with E-state index >= 15 is 0 Å². The molecule has 1 aromatic carbocycles. The third-order valence-corrected chi connectivity index (χ3v) is 5.95. The number of amides is 1. The van der Waals surface area contributed by atoms with Crippen LogP contribution in [0.1, 0.15) is 30.1 Å². The molecule has 8 heteroatoms. The Morgan fingerprint density at radius 1 is 1.43 bits per heavy atom. The topological polar surface area (TPSA) is 54.5 Å². The summed E-state index contributed by atoms with van der Waals surface area (Å²) in [6.07, 6.45) is 2.25. The third kappa shape index (κ3) is 4.12. The predicted octanol–water partition coefficient (Wildman–Crippen LogP) is 3.90. The number of rotatable bonds is 5. The largest absolute Gasteiger partial charge is 0.339 e. The van der Waals surface area contributed by atoms with Crippen molar-refractivity contribution < 1.29 is 13.2 Å². The van der Waals surface area contributed by atoms with Gasteiger partial charge in [0.2, 0.25) is 0 Å². The van der Waals surface area contributed by atoms with Gasteiger partial charge in [0.05, 0.1) is 15.5 Å². The van der Waals surface area contributed by atoms with E-state index in [1.165, 1.54) is 12.1 Å². The molecule has 0 atom stereocenters. The van der Waals surface area contributed by atoms with E-state index in [9.17, 15) is 13.2 Å². The Hall–Kier alpha value is -0.300. The average Bonchev–Trinajstić information content (AvgIpc) is 3.17. The monoisotopic (exact) mass is 413 g/mol. The Balaban J connectivity index is 2.39. The fourth-order valence-electron chi connectivity index (χ4n) is 2.02. The molecule has 21 heavy (non-hydrogen) atoms. The van der Waals surface area contributed by atoms with Crippen LogP contribution in [0.5, 0.6) is 0 Å². The van der Waals surface area contributed by atoms with Crippen LogP contribution in [-0.2, 0) is 9.05 Å². The number of hydrogen-bond acceptors (Lipinski definition) is 3. The van der Waals surface area contributed by atoms with Crippen molar-refractivity contribution >= 4 is 53.2 Å². The molecule has 0 unspecified atom stereocenters. The summed E-state index contributed by atoms with van der Waals surface area (Å²) < 4.78 is 23.3. The van der Waals surface area contributed by atoms with Crippen molar-refractivity contribution in [3.8, 4) is 0 Å². The lowest BCUT2D eigenvalue weighted by molar-refractivity contribution is 0.0757. The quantitative estimate of drug-likeness (QED) is 0.686. The van der Waals surface area contributed by atoms with E-state index < -0.39 is 9.05 Å². The highest BCUT2D eigenvalue weighted by Gasteiger charge is 2.28. The molecule has 0 saturated heterocycles. The number of nitrogens with zero attached hydrogens (tertiary/aromatic N) is 1. The van der Waals surface area contributed by atoms with Gasteiger partial charge in [-0.1, -0.05) is 11.6 Å². The highest BCUT2D eigenvalue weighted by atomic mass is 79.9. The van der Waals surface area contributed by atoms with Crippen molar-refractivity contribution in [1.29, 1.82) is 0 Å². The lowest BCUT2D eigenvalue weighted by Crippen LogP contribution is -2.33. The van der Waals surface area contributed by atoms with E-state index in [-0.39, 0.29) is 25.9 Å². The van der Waals surface area contributed by atoms with Gasteiger partial charge in [0.15, 0.2) is 0 Å². The van der Waals surface area contributed by atoms with Gasteiger partial charge in [-0.2, -0.15) is 0 Å². The second kappa shape index (κ2) is 6.44. The molecule has 0 aromatic heterocycles. The molecule has 0 spiro atoms. The van der Waals surface area contributed by atoms with Crippen LogP contribution >= 0.6 is 38.2 Å². The first-order valence-corrected chi connectivity index (χ1v) is 9.95. The molecular weight excluding hydrogens is 401 g/mol. The SMILES string of the molecule is CCN(CC1CC1)C(=O)c1cc(S(=O)(=O)Cl)c(Br)cc1Cl. The van der Waals surface area contributed by atoms with E-state index in [2.05, 4.69) is 15.9 Å². The standard InChI is InChI=1S/C13H14BrCl2NO3S/c1-2-17(7-8-3-4-8)13(18)9-5-12(21(16,19)20)10(14)6-11(9)15/h5-6,8H,2-4,7H2,1H3. The number of benzene rings is 1. The molecular formula is C13H14BrCl2NO3S. The lowest BCUT2D eigenvalue weighted by Gasteiger charge is -2.21. The molecule has 1 fully saturated rings. The van der Waals surface area contributed by atoms with Gasteiger partial charge in [0.25, 0.3) is 15.0 Å². The number of hydrogen-bond donors (Lipinski definition) is 0. The van der Waals surface area contributed by atoms with E-state index in [1.807, 2.05) is 6.92 Å². The maximum absolute atomic E-state index is 12.5. The first kappa shape index (κ1) is 17.1. The summed E-state index contributed by atoms with van der Waals surface area (Å²) in [5, 5.41) is 0.199. The van der Waals surface area contributed by atoms with Crippen LogP contribution in [0, 0.1) is 5.92 Å². The second-order valence-electron chi connectivity index (χ2n) is 4.99. The van der Waals surface area contributed by atoms with Gasteiger partial charge < -0.3 is 4.90 Å². The Bertz CT molecular complexity index is 674. The van der Waals surface area contributed by atoms with Crippen LogP contribution in [0.15, 0.2) is 21.5 Å². The number of halogens is 3. The van der Waals surface area contributed by atoms with Crippen molar-refractivity contribution in [1.82, 2.24) is 4.90 Å². The van der Waals surface area contributed by atoms with Gasteiger partial charge in [-0.25, -0.2) is 8.42 Å². The van der Waals surface area contributed by atoms with Crippen molar-refractivity contribution in [2.45, 2.75) is 24.7 Å². The van der Waals surface area contributed by atoms with Crippen molar-refractivity contribution in [3.05, 3.63) is 27.2 Å². The molecule has 116 valence electrons. The number of carbonyl (C=O) groups is 1. The Kier molecular flexibility index (Phi) is 5.23. The maximum atomic E-state index is 12.5. The summed E-state index contributed by atoms with van der Waals surface area (Å²) >= 11 is 9.18. The van der Waals surface area contributed by atoms with Crippen LogP contribution in [-0.4, -0.2) is 32.3 Å². The minimum Gasteiger partial charge on any atom is -0.339 e. The molecule has 0 aliphatic heterocycles. The normalized spacial score (nSPS) is 15.0. The second-order valence-corrected chi connectivity index (χ2v) is 8.78. The molecule has 1 aliphatic carbocycles. The van der Waals surface area contributed by atoms with Crippen molar-refractivity contribution in [3.63, 3.8) is 0 Å². The van der Waals surface area contributed by atoms with Crippen LogP contribution in [0.25, 0.3) is 0 Å². The molecule has 0 N–H and O–H groups in total. The maximum Gasteiger partial charge on any atom is 0.262 e. The molecule has 1 saturated carbocycles.